The molecule has 0 unspecified atom stereocenters. The van der Waals surface area contributed by atoms with Gasteiger partial charge in [0.1, 0.15) is 24.0 Å². The van der Waals surface area contributed by atoms with Crippen LogP contribution in [-0.2, 0) is 21.7 Å². The molecule has 0 aliphatic carbocycles. The van der Waals surface area contributed by atoms with Crippen molar-refractivity contribution in [3.63, 3.8) is 0 Å². The Morgan fingerprint density at radius 2 is 1.04 bits per heavy atom. The summed E-state index contributed by atoms with van der Waals surface area (Å²) >= 11 is 0. The Hall–Kier alpha value is -7.11. The van der Waals surface area contributed by atoms with Crippen LogP contribution in [0.5, 0.6) is 11.5 Å². The Balaban J connectivity index is 1.12. The molecule has 9 aromatic rings. The van der Waals surface area contributed by atoms with Gasteiger partial charge in [-0.25, -0.2) is 4.98 Å². The van der Waals surface area contributed by atoms with Crippen molar-refractivity contribution in [2.75, 3.05) is 16.5 Å². The Labute approximate surface area is 403 Å². The van der Waals surface area contributed by atoms with Crippen molar-refractivity contribution >= 4 is 44.6 Å². The standard InChI is InChI=1S/C63H64N4O/c1-60(2,3)45-31-32-64-59(36-45)67-55-28-19-18-27-51(55)52-30-29-49(38-56(52)67)68-50-34-43(42-21-14-12-15-22-42)33-48(37-50)66-41-65(57-39-53(61(4,5)6)54(40-58(57)66)62(7,8)9)47-26-20-25-46(35-47)63(10,11)44-23-16-13-17-24-44/h12-40H,41H2,1-11H3. The minimum atomic E-state index is -0.188. The van der Waals surface area contributed by atoms with Gasteiger partial charge in [-0.1, -0.05) is 167 Å². The van der Waals surface area contributed by atoms with Crippen LogP contribution in [0, 0.1) is 0 Å². The topological polar surface area (TPSA) is 33.5 Å². The maximum Gasteiger partial charge on any atom is 0.137 e. The Morgan fingerprint density at radius 3 is 1.72 bits per heavy atom. The van der Waals surface area contributed by atoms with Crippen LogP contribution in [-0.4, -0.2) is 16.2 Å². The van der Waals surface area contributed by atoms with Gasteiger partial charge >= 0.3 is 0 Å². The van der Waals surface area contributed by atoms with Gasteiger partial charge in [0.15, 0.2) is 0 Å². The summed E-state index contributed by atoms with van der Waals surface area (Å²) in [7, 11) is 0. The summed E-state index contributed by atoms with van der Waals surface area (Å²) in [6, 6.07) is 61.8. The second kappa shape index (κ2) is 16.6. The van der Waals surface area contributed by atoms with Crippen molar-refractivity contribution in [3.8, 4) is 28.4 Å². The molecule has 7 aromatic carbocycles. The summed E-state index contributed by atoms with van der Waals surface area (Å²) in [5.41, 5.74) is 15.2. The summed E-state index contributed by atoms with van der Waals surface area (Å²) in [6.07, 6.45) is 1.93. The molecule has 0 radical (unpaired) electrons. The molecule has 2 aromatic heterocycles. The highest BCUT2D eigenvalue weighted by atomic mass is 16.5. The first kappa shape index (κ1) is 44.7. The van der Waals surface area contributed by atoms with E-state index < -0.39 is 0 Å². The maximum atomic E-state index is 7.08. The maximum absolute atomic E-state index is 7.08. The molecule has 0 N–H and O–H groups in total. The van der Waals surface area contributed by atoms with Crippen molar-refractivity contribution < 1.29 is 4.74 Å². The smallest absolute Gasteiger partial charge is 0.137 e. The number of fused-ring (bicyclic) bond motifs is 4. The zero-order chi connectivity index (χ0) is 47.8. The summed E-state index contributed by atoms with van der Waals surface area (Å²) in [5, 5.41) is 2.34. The van der Waals surface area contributed by atoms with Crippen LogP contribution in [0.3, 0.4) is 0 Å². The minimum Gasteiger partial charge on any atom is -0.457 e. The number of anilines is 4. The molecule has 1 aliphatic rings. The van der Waals surface area contributed by atoms with Crippen LogP contribution < -0.4 is 14.5 Å². The van der Waals surface area contributed by atoms with E-state index in [2.05, 4.69) is 260 Å². The Kier molecular flexibility index (Phi) is 10.9. The predicted octanol–water partition coefficient (Wildman–Crippen LogP) is 17.1. The molecule has 68 heavy (non-hydrogen) atoms. The monoisotopic (exact) mass is 893 g/mol. The van der Waals surface area contributed by atoms with Crippen LogP contribution in [0.4, 0.5) is 22.7 Å². The third-order valence-corrected chi connectivity index (χ3v) is 14.0. The van der Waals surface area contributed by atoms with Gasteiger partial charge in [-0.3, -0.25) is 4.57 Å². The lowest BCUT2D eigenvalue weighted by Crippen LogP contribution is -2.25. The van der Waals surface area contributed by atoms with E-state index >= 15 is 0 Å². The molecule has 342 valence electrons. The van der Waals surface area contributed by atoms with Crippen LogP contribution in [0.25, 0.3) is 38.8 Å². The first-order chi connectivity index (χ1) is 32.3. The van der Waals surface area contributed by atoms with Crippen molar-refractivity contribution in [3.05, 3.63) is 204 Å². The highest BCUT2D eigenvalue weighted by Gasteiger charge is 2.35. The predicted molar refractivity (Wildman–Crippen MR) is 287 cm³/mol. The number of pyridine rings is 1. The molecule has 0 amide bonds. The second-order valence-corrected chi connectivity index (χ2v) is 22.3. The van der Waals surface area contributed by atoms with Gasteiger partial charge in [0.2, 0.25) is 0 Å². The second-order valence-electron chi connectivity index (χ2n) is 22.3. The summed E-state index contributed by atoms with van der Waals surface area (Å²) in [4.78, 5) is 9.93. The molecular weight excluding hydrogens is 829 g/mol. The highest BCUT2D eigenvalue weighted by Crippen LogP contribution is 2.51. The van der Waals surface area contributed by atoms with Crippen molar-refractivity contribution in [1.29, 1.82) is 0 Å². The zero-order valence-corrected chi connectivity index (χ0v) is 41.6. The molecule has 5 heteroatoms. The van der Waals surface area contributed by atoms with Crippen LogP contribution >= 0.6 is 0 Å². The van der Waals surface area contributed by atoms with E-state index in [1.807, 2.05) is 6.20 Å². The molecular formula is C63H64N4O. The lowest BCUT2D eigenvalue weighted by atomic mass is 9.74. The molecule has 0 saturated heterocycles. The fourth-order valence-corrected chi connectivity index (χ4v) is 10.1. The fraction of sp³-hybridized carbons (Fsp3) is 0.254. The number of hydrogen-bond donors (Lipinski definition) is 0. The largest absolute Gasteiger partial charge is 0.457 e. The number of aromatic nitrogens is 2. The van der Waals surface area contributed by atoms with E-state index in [0.717, 1.165) is 50.6 Å². The summed E-state index contributed by atoms with van der Waals surface area (Å²) in [6.45, 7) is 26.1. The van der Waals surface area contributed by atoms with Gasteiger partial charge in [-0.15, -0.1) is 0 Å². The van der Waals surface area contributed by atoms with Crippen LogP contribution in [0.15, 0.2) is 176 Å². The number of benzene rings is 7. The number of rotatable bonds is 8. The third kappa shape index (κ3) is 8.23. The molecule has 10 rings (SSSR count). The summed E-state index contributed by atoms with van der Waals surface area (Å²) < 4.78 is 9.36. The van der Waals surface area contributed by atoms with Gasteiger partial charge in [0.05, 0.1) is 22.4 Å². The summed E-state index contributed by atoms with van der Waals surface area (Å²) in [5.74, 6) is 2.42. The molecule has 5 nitrogen and oxygen atoms in total. The van der Waals surface area contributed by atoms with Gasteiger partial charge < -0.3 is 14.5 Å². The van der Waals surface area contributed by atoms with Crippen molar-refractivity contribution in [1.82, 2.24) is 9.55 Å². The van der Waals surface area contributed by atoms with E-state index in [1.54, 1.807) is 0 Å². The molecule has 1 aliphatic heterocycles. The highest BCUT2D eigenvalue weighted by molar-refractivity contribution is 6.09. The SMILES string of the molecule is CC(C)(C)c1ccnc(-n2c3ccccc3c3ccc(Oc4cc(-c5ccccc5)cc(N5CN(c6cccc(C(C)(C)c7ccccc7)c6)c6cc(C(C)(C)C)c(C(C)(C)C)cc65)c4)cc32)c1. The molecule has 0 spiro atoms. The van der Waals surface area contributed by atoms with E-state index in [0.29, 0.717) is 6.67 Å². The molecule has 0 fully saturated rings. The van der Waals surface area contributed by atoms with Crippen LogP contribution in [0.1, 0.15) is 104 Å². The van der Waals surface area contributed by atoms with Gasteiger partial charge in [0.25, 0.3) is 0 Å². The number of hydrogen-bond acceptors (Lipinski definition) is 4. The van der Waals surface area contributed by atoms with E-state index in [1.165, 1.54) is 50.3 Å². The van der Waals surface area contributed by atoms with Crippen molar-refractivity contribution in [2.45, 2.75) is 97.8 Å². The molecule has 0 saturated carbocycles. The third-order valence-electron chi connectivity index (χ3n) is 14.0. The van der Waals surface area contributed by atoms with Gasteiger partial charge in [-0.05, 0) is 122 Å². The lowest BCUT2D eigenvalue weighted by molar-refractivity contribution is 0.483. The first-order valence-corrected chi connectivity index (χ1v) is 24.1. The van der Waals surface area contributed by atoms with Crippen LogP contribution in [0.2, 0.25) is 0 Å². The van der Waals surface area contributed by atoms with Crippen molar-refractivity contribution in [2.24, 2.45) is 0 Å². The number of nitrogens with zero attached hydrogens (tertiary/aromatic N) is 4. The number of para-hydroxylation sites is 1. The first-order valence-electron chi connectivity index (χ1n) is 24.1. The molecule has 0 atom stereocenters. The van der Waals surface area contributed by atoms with Gasteiger partial charge in [-0.2, -0.15) is 0 Å². The minimum absolute atomic E-state index is 0.0222. The fourth-order valence-electron chi connectivity index (χ4n) is 10.1. The average molecular weight is 893 g/mol. The molecule has 0 bridgehead atoms. The lowest BCUT2D eigenvalue weighted by Gasteiger charge is -2.32. The van der Waals surface area contributed by atoms with E-state index in [9.17, 15) is 0 Å². The van der Waals surface area contributed by atoms with Gasteiger partial charge in [0, 0.05) is 45.9 Å². The Morgan fingerprint density at radius 1 is 0.426 bits per heavy atom. The van der Waals surface area contributed by atoms with E-state index in [-0.39, 0.29) is 21.7 Å². The number of ether oxygens (including phenoxy) is 1. The van der Waals surface area contributed by atoms with E-state index in [4.69, 9.17) is 9.72 Å². The molecule has 3 heterocycles. The quantitative estimate of drug-likeness (QED) is 0.152. The zero-order valence-electron chi connectivity index (χ0n) is 41.6. The average Bonchev–Trinajstić information content (AvgIpc) is 3.86. The Bertz CT molecular complexity index is 3320. The normalized spacial score (nSPS) is 13.4.